The van der Waals surface area contributed by atoms with Gasteiger partial charge in [0, 0.05) is 25.7 Å². The molecule has 25 heavy (non-hydrogen) atoms. The Bertz CT molecular complexity index is 621. The summed E-state index contributed by atoms with van der Waals surface area (Å²) in [6.07, 6.45) is 0.0193. The largest absolute Gasteiger partial charge is 0.484 e. The maximum absolute atomic E-state index is 12.9. The SMILES string of the molecule is O=C(O)C[C@@H]1CN(C(=O)COc2ccc(F)cc2)C[C@@H]1C1CNNN1. The average molecular weight is 352 g/mol. The third kappa shape index (κ3) is 4.44. The number of carboxylic acid groups (broad SMARTS) is 1. The lowest BCUT2D eigenvalue weighted by Gasteiger charge is -2.22. The molecule has 2 aliphatic rings. The second kappa shape index (κ2) is 7.77. The highest BCUT2D eigenvalue weighted by atomic mass is 19.1. The van der Waals surface area contributed by atoms with Crippen LogP contribution in [0.4, 0.5) is 4.39 Å². The molecule has 0 saturated carbocycles. The number of nitrogens with zero attached hydrogens (tertiary/aromatic N) is 1. The number of amides is 1. The third-order valence-corrected chi connectivity index (χ3v) is 4.64. The molecule has 0 aliphatic carbocycles. The van der Waals surface area contributed by atoms with Gasteiger partial charge in [-0.25, -0.2) is 15.2 Å². The van der Waals surface area contributed by atoms with E-state index in [1.807, 2.05) is 0 Å². The molecule has 136 valence electrons. The van der Waals surface area contributed by atoms with Crippen LogP contribution < -0.4 is 21.1 Å². The number of rotatable bonds is 6. The van der Waals surface area contributed by atoms with Crippen LogP contribution in [0.5, 0.6) is 5.75 Å². The lowest BCUT2D eigenvalue weighted by Crippen LogP contribution is -2.41. The Morgan fingerprint density at radius 2 is 2.04 bits per heavy atom. The van der Waals surface area contributed by atoms with Crippen molar-refractivity contribution in [3.63, 3.8) is 0 Å². The number of hydrogen-bond donors (Lipinski definition) is 4. The van der Waals surface area contributed by atoms with Crippen molar-refractivity contribution < 1.29 is 23.8 Å². The van der Waals surface area contributed by atoms with E-state index in [4.69, 9.17) is 9.84 Å². The van der Waals surface area contributed by atoms with Crippen LogP contribution in [0.1, 0.15) is 6.42 Å². The fourth-order valence-electron chi connectivity index (χ4n) is 3.38. The van der Waals surface area contributed by atoms with E-state index in [2.05, 4.69) is 16.4 Å². The summed E-state index contributed by atoms with van der Waals surface area (Å²) in [6.45, 7) is 1.37. The molecule has 0 radical (unpaired) electrons. The molecule has 2 aliphatic heterocycles. The van der Waals surface area contributed by atoms with E-state index in [0.717, 1.165) is 0 Å². The summed E-state index contributed by atoms with van der Waals surface area (Å²) in [5, 5.41) is 9.12. The first-order valence-electron chi connectivity index (χ1n) is 8.14. The van der Waals surface area contributed by atoms with Crippen LogP contribution in [0.25, 0.3) is 0 Å². The molecule has 2 heterocycles. The van der Waals surface area contributed by atoms with Crippen LogP contribution in [0, 0.1) is 17.7 Å². The number of ether oxygens (including phenoxy) is 1. The summed E-state index contributed by atoms with van der Waals surface area (Å²) < 4.78 is 18.3. The van der Waals surface area contributed by atoms with E-state index < -0.39 is 5.97 Å². The number of carbonyl (C=O) groups is 2. The number of nitrogens with one attached hydrogen (secondary N) is 3. The number of likely N-dealkylation sites (tertiary alicyclic amines) is 1. The van der Waals surface area contributed by atoms with Gasteiger partial charge in [0.05, 0.1) is 6.42 Å². The Kier molecular flexibility index (Phi) is 5.47. The zero-order valence-corrected chi connectivity index (χ0v) is 13.6. The van der Waals surface area contributed by atoms with Gasteiger partial charge in [-0.1, -0.05) is 0 Å². The van der Waals surface area contributed by atoms with Gasteiger partial charge in [-0.05, 0) is 36.1 Å². The number of carboxylic acids is 1. The van der Waals surface area contributed by atoms with E-state index in [-0.39, 0.29) is 42.6 Å². The Balaban J connectivity index is 1.58. The molecule has 3 rings (SSSR count). The molecule has 9 heteroatoms. The summed E-state index contributed by atoms with van der Waals surface area (Å²) in [5.74, 6) is -1.12. The number of aliphatic carboxylic acids is 1. The van der Waals surface area contributed by atoms with Crippen LogP contribution in [0.15, 0.2) is 24.3 Å². The van der Waals surface area contributed by atoms with Crippen molar-refractivity contribution in [1.82, 2.24) is 21.3 Å². The van der Waals surface area contributed by atoms with Gasteiger partial charge in [-0.2, -0.15) is 5.53 Å². The van der Waals surface area contributed by atoms with Gasteiger partial charge in [0.2, 0.25) is 0 Å². The van der Waals surface area contributed by atoms with E-state index >= 15 is 0 Å². The molecule has 1 aromatic rings. The van der Waals surface area contributed by atoms with E-state index in [1.54, 1.807) is 4.90 Å². The molecule has 8 nitrogen and oxygen atoms in total. The predicted molar refractivity (Wildman–Crippen MR) is 85.8 cm³/mol. The molecule has 2 fully saturated rings. The van der Waals surface area contributed by atoms with Crippen molar-refractivity contribution in [2.75, 3.05) is 26.2 Å². The smallest absolute Gasteiger partial charge is 0.303 e. The molecule has 2 saturated heterocycles. The molecular formula is C16H21FN4O4. The highest BCUT2D eigenvalue weighted by Crippen LogP contribution is 2.29. The summed E-state index contributed by atoms with van der Waals surface area (Å²) in [6, 6.07) is 5.51. The fraction of sp³-hybridized carbons (Fsp3) is 0.500. The maximum atomic E-state index is 12.9. The van der Waals surface area contributed by atoms with Gasteiger partial charge < -0.3 is 14.7 Å². The van der Waals surface area contributed by atoms with Crippen LogP contribution in [0.2, 0.25) is 0 Å². The molecule has 0 aromatic heterocycles. The summed E-state index contributed by atoms with van der Waals surface area (Å²) in [4.78, 5) is 25.2. The summed E-state index contributed by atoms with van der Waals surface area (Å²) in [5.41, 5.74) is 8.83. The Morgan fingerprint density at radius 3 is 2.68 bits per heavy atom. The lowest BCUT2D eigenvalue weighted by atomic mass is 9.87. The quantitative estimate of drug-likeness (QED) is 0.559. The Labute approximate surface area is 144 Å². The van der Waals surface area contributed by atoms with E-state index in [0.29, 0.717) is 25.4 Å². The number of hydrogen-bond acceptors (Lipinski definition) is 6. The molecule has 1 amide bonds. The van der Waals surface area contributed by atoms with Crippen molar-refractivity contribution in [2.45, 2.75) is 12.5 Å². The lowest BCUT2D eigenvalue weighted by molar-refractivity contribution is -0.139. The number of benzene rings is 1. The van der Waals surface area contributed by atoms with Crippen molar-refractivity contribution in [2.24, 2.45) is 11.8 Å². The van der Waals surface area contributed by atoms with Crippen molar-refractivity contribution >= 4 is 11.9 Å². The first-order chi connectivity index (χ1) is 12.0. The van der Waals surface area contributed by atoms with Gasteiger partial charge in [0.25, 0.3) is 5.91 Å². The highest BCUT2D eigenvalue weighted by molar-refractivity contribution is 5.78. The number of halogens is 1. The van der Waals surface area contributed by atoms with Gasteiger partial charge in [0.1, 0.15) is 11.6 Å². The second-order valence-electron chi connectivity index (χ2n) is 6.32. The summed E-state index contributed by atoms with van der Waals surface area (Å²) >= 11 is 0. The zero-order chi connectivity index (χ0) is 17.8. The monoisotopic (exact) mass is 352 g/mol. The van der Waals surface area contributed by atoms with E-state index in [9.17, 15) is 14.0 Å². The molecule has 0 spiro atoms. The van der Waals surface area contributed by atoms with Gasteiger partial charge in [-0.15, -0.1) is 0 Å². The van der Waals surface area contributed by atoms with Gasteiger partial charge in [0.15, 0.2) is 6.61 Å². The topological polar surface area (TPSA) is 103 Å². The van der Waals surface area contributed by atoms with Crippen molar-refractivity contribution in [3.05, 3.63) is 30.1 Å². The van der Waals surface area contributed by atoms with Crippen LogP contribution in [-0.2, 0) is 9.59 Å². The number of carbonyl (C=O) groups excluding carboxylic acids is 1. The molecule has 4 N–H and O–H groups in total. The molecular weight excluding hydrogens is 331 g/mol. The fourth-order valence-corrected chi connectivity index (χ4v) is 3.38. The average Bonchev–Trinajstić information content (AvgIpc) is 3.23. The van der Waals surface area contributed by atoms with Crippen LogP contribution in [-0.4, -0.2) is 54.2 Å². The molecule has 1 aromatic carbocycles. The number of hydrazine groups is 2. The molecule has 0 bridgehead atoms. The first-order valence-corrected chi connectivity index (χ1v) is 8.14. The van der Waals surface area contributed by atoms with Crippen LogP contribution in [0.3, 0.4) is 0 Å². The summed E-state index contributed by atoms with van der Waals surface area (Å²) in [7, 11) is 0. The predicted octanol–water partition coefficient (Wildman–Crippen LogP) is -0.265. The maximum Gasteiger partial charge on any atom is 0.303 e. The minimum atomic E-state index is -0.870. The normalized spacial score (nSPS) is 26.0. The van der Waals surface area contributed by atoms with Gasteiger partial charge in [-0.3, -0.25) is 9.59 Å². The van der Waals surface area contributed by atoms with Crippen LogP contribution >= 0.6 is 0 Å². The van der Waals surface area contributed by atoms with E-state index in [1.165, 1.54) is 24.3 Å². The third-order valence-electron chi connectivity index (χ3n) is 4.64. The minimum absolute atomic E-state index is 0.0193. The Hall–Kier alpha value is -2.23. The van der Waals surface area contributed by atoms with Crippen molar-refractivity contribution in [1.29, 1.82) is 0 Å². The molecule has 3 atom stereocenters. The first kappa shape index (κ1) is 17.6. The van der Waals surface area contributed by atoms with Gasteiger partial charge >= 0.3 is 5.97 Å². The highest BCUT2D eigenvalue weighted by Gasteiger charge is 2.41. The zero-order valence-electron chi connectivity index (χ0n) is 13.6. The standard InChI is InChI=1S/C16H21FN4O4/c17-11-1-3-12(4-2-11)25-9-15(22)21-7-10(5-16(23)24)13(8-21)14-6-18-20-19-14/h1-4,10,13-14,18-20H,5-9H2,(H,23,24)/t10-,13+,14?/m1/s1. The second-order valence-corrected chi connectivity index (χ2v) is 6.32. The van der Waals surface area contributed by atoms with Crippen molar-refractivity contribution in [3.8, 4) is 5.75 Å². The molecule has 1 unspecified atom stereocenters. The Morgan fingerprint density at radius 1 is 1.28 bits per heavy atom. The minimum Gasteiger partial charge on any atom is -0.484 e.